The molecule has 0 saturated carbocycles. The van der Waals surface area contributed by atoms with Gasteiger partial charge in [-0.05, 0) is 57.9 Å². The van der Waals surface area contributed by atoms with Gasteiger partial charge in [0.1, 0.15) is 0 Å². The van der Waals surface area contributed by atoms with Crippen LogP contribution in [0.3, 0.4) is 0 Å². The van der Waals surface area contributed by atoms with Gasteiger partial charge >= 0.3 is 0 Å². The Labute approximate surface area is 132 Å². The predicted molar refractivity (Wildman–Crippen MR) is 88.4 cm³/mol. The quantitative estimate of drug-likeness (QED) is 0.909. The van der Waals surface area contributed by atoms with Crippen molar-refractivity contribution in [3.63, 3.8) is 0 Å². The Bertz CT molecular complexity index is 641. The maximum atomic E-state index is 5.43. The van der Waals surface area contributed by atoms with Crippen LogP contribution >= 0.6 is 15.9 Å². The molecule has 0 amide bonds. The molecule has 1 aliphatic heterocycles. The Balaban J connectivity index is 1.69. The highest BCUT2D eigenvalue weighted by atomic mass is 79.9. The second kappa shape index (κ2) is 5.85. The highest BCUT2D eigenvalue weighted by Crippen LogP contribution is 2.40. The third-order valence-electron chi connectivity index (χ3n) is 3.37. The summed E-state index contributed by atoms with van der Waals surface area (Å²) in [4.78, 5) is 2.08. The molecule has 0 spiro atoms. The lowest BCUT2D eigenvalue weighted by Crippen LogP contribution is -2.08. The molecule has 0 bridgehead atoms. The Morgan fingerprint density at radius 2 is 1.90 bits per heavy atom. The van der Waals surface area contributed by atoms with Gasteiger partial charge in [-0.25, -0.2) is 0 Å². The van der Waals surface area contributed by atoms with Crippen LogP contribution in [0, 0.1) is 0 Å². The number of fused-ring (bicyclic) bond motifs is 1. The molecule has 0 unspecified atom stereocenters. The van der Waals surface area contributed by atoms with Crippen molar-refractivity contribution in [3.05, 3.63) is 46.4 Å². The van der Waals surface area contributed by atoms with Crippen LogP contribution in [0.1, 0.15) is 5.56 Å². The van der Waals surface area contributed by atoms with E-state index in [1.807, 2.05) is 20.2 Å². The van der Waals surface area contributed by atoms with Crippen LogP contribution in [0.25, 0.3) is 0 Å². The summed E-state index contributed by atoms with van der Waals surface area (Å²) in [6.07, 6.45) is 0. The minimum atomic E-state index is 0.289. The van der Waals surface area contributed by atoms with E-state index >= 15 is 0 Å². The third-order valence-corrected chi connectivity index (χ3v) is 3.96. The van der Waals surface area contributed by atoms with Gasteiger partial charge in [-0.15, -0.1) is 0 Å². The van der Waals surface area contributed by atoms with Crippen LogP contribution in [0.15, 0.2) is 40.9 Å². The summed E-state index contributed by atoms with van der Waals surface area (Å²) in [5, 5.41) is 3.41. The van der Waals surface area contributed by atoms with E-state index in [1.165, 1.54) is 5.69 Å². The predicted octanol–water partition coefficient (Wildman–Crippen LogP) is 3.86. The minimum Gasteiger partial charge on any atom is -0.454 e. The van der Waals surface area contributed by atoms with Crippen LogP contribution in [-0.4, -0.2) is 20.9 Å². The van der Waals surface area contributed by atoms with Crippen molar-refractivity contribution in [2.24, 2.45) is 0 Å². The van der Waals surface area contributed by atoms with E-state index in [0.717, 1.165) is 33.8 Å². The van der Waals surface area contributed by atoms with Crippen LogP contribution in [-0.2, 0) is 6.54 Å². The molecule has 1 aliphatic rings. The lowest BCUT2D eigenvalue weighted by atomic mass is 10.2. The highest BCUT2D eigenvalue weighted by Gasteiger charge is 2.17. The summed E-state index contributed by atoms with van der Waals surface area (Å²) in [5.41, 5.74) is 3.42. The SMILES string of the molecule is CN(C)c1ccc(NCc2cc(Br)c3c(c2)OCO3)cc1. The fraction of sp³-hybridized carbons (Fsp3) is 0.250. The minimum absolute atomic E-state index is 0.289. The second-order valence-electron chi connectivity index (χ2n) is 5.11. The summed E-state index contributed by atoms with van der Waals surface area (Å²) in [6, 6.07) is 12.4. The normalized spacial score (nSPS) is 12.3. The van der Waals surface area contributed by atoms with Gasteiger partial charge in [-0.1, -0.05) is 0 Å². The van der Waals surface area contributed by atoms with Crippen LogP contribution in [0.2, 0.25) is 0 Å². The molecule has 21 heavy (non-hydrogen) atoms. The first-order chi connectivity index (χ1) is 10.1. The molecule has 4 nitrogen and oxygen atoms in total. The zero-order valence-corrected chi connectivity index (χ0v) is 13.6. The van der Waals surface area contributed by atoms with Gasteiger partial charge in [-0.2, -0.15) is 0 Å². The highest BCUT2D eigenvalue weighted by molar-refractivity contribution is 9.10. The standard InChI is InChI=1S/C16H17BrN2O2/c1-19(2)13-5-3-12(4-6-13)18-9-11-7-14(17)16-15(8-11)20-10-21-16/h3-8,18H,9-10H2,1-2H3. The van der Waals surface area contributed by atoms with Gasteiger partial charge in [-0.3, -0.25) is 0 Å². The number of hydrogen-bond acceptors (Lipinski definition) is 4. The maximum Gasteiger partial charge on any atom is 0.231 e. The van der Waals surface area contributed by atoms with Crippen molar-refractivity contribution in [3.8, 4) is 11.5 Å². The molecule has 2 aromatic rings. The first-order valence-electron chi connectivity index (χ1n) is 6.73. The van der Waals surface area contributed by atoms with Gasteiger partial charge in [0, 0.05) is 32.0 Å². The van der Waals surface area contributed by atoms with Gasteiger partial charge < -0.3 is 19.7 Å². The summed E-state index contributed by atoms with van der Waals surface area (Å²) in [6.45, 7) is 1.02. The van der Waals surface area contributed by atoms with E-state index in [2.05, 4.69) is 56.5 Å². The van der Waals surface area contributed by atoms with Gasteiger partial charge in [0.25, 0.3) is 0 Å². The number of nitrogens with one attached hydrogen (secondary N) is 1. The molecule has 3 rings (SSSR count). The number of nitrogens with zero attached hydrogens (tertiary/aromatic N) is 1. The largest absolute Gasteiger partial charge is 0.454 e. The Kier molecular flexibility index (Phi) is 3.92. The molecule has 110 valence electrons. The zero-order valence-electron chi connectivity index (χ0n) is 12.0. The fourth-order valence-electron chi connectivity index (χ4n) is 2.20. The van der Waals surface area contributed by atoms with E-state index in [4.69, 9.17) is 9.47 Å². The zero-order chi connectivity index (χ0) is 14.8. The van der Waals surface area contributed by atoms with Crippen molar-refractivity contribution in [1.82, 2.24) is 0 Å². The molecule has 0 aromatic heterocycles. The lowest BCUT2D eigenvalue weighted by Gasteiger charge is -2.13. The average molecular weight is 349 g/mol. The smallest absolute Gasteiger partial charge is 0.231 e. The first-order valence-corrected chi connectivity index (χ1v) is 7.52. The molecular formula is C16H17BrN2O2. The molecule has 0 saturated heterocycles. The van der Waals surface area contributed by atoms with E-state index in [-0.39, 0.29) is 6.79 Å². The molecular weight excluding hydrogens is 332 g/mol. The lowest BCUT2D eigenvalue weighted by molar-refractivity contribution is 0.173. The Morgan fingerprint density at radius 1 is 1.14 bits per heavy atom. The van der Waals surface area contributed by atoms with Crippen molar-refractivity contribution in [2.45, 2.75) is 6.54 Å². The molecule has 5 heteroatoms. The van der Waals surface area contributed by atoms with Crippen molar-refractivity contribution in [1.29, 1.82) is 0 Å². The monoisotopic (exact) mass is 348 g/mol. The van der Waals surface area contributed by atoms with Crippen LogP contribution < -0.4 is 19.7 Å². The molecule has 0 fully saturated rings. The van der Waals surface area contributed by atoms with Gasteiger partial charge in [0.05, 0.1) is 4.47 Å². The fourth-order valence-corrected chi connectivity index (χ4v) is 2.81. The molecule has 1 N–H and O–H groups in total. The van der Waals surface area contributed by atoms with E-state index in [0.29, 0.717) is 0 Å². The number of hydrogen-bond donors (Lipinski definition) is 1. The van der Waals surface area contributed by atoms with Crippen LogP contribution in [0.5, 0.6) is 11.5 Å². The Morgan fingerprint density at radius 3 is 2.62 bits per heavy atom. The van der Waals surface area contributed by atoms with Gasteiger partial charge in [0.15, 0.2) is 11.5 Å². The maximum absolute atomic E-state index is 5.43. The van der Waals surface area contributed by atoms with Crippen molar-refractivity contribution < 1.29 is 9.47 Å². The summed E-state index contributed by atoms with van der Waals surface area (Å²) < 4.78 is 11.7. The summed E-state index contributed by atoms with van der Waals surface area (Å²) in [5.74, 6) is 1.58. The van der Waals surface area contributed by atoms with E-state index in [1.54, 1.807) is 0 Å². The molecule has 0 atom stereocenters. The van der Waals surface area contributed by atoms with E-state index in [9.17, 15) is 0 Å². The Hall–Kier alpha value is -1.88. The van der Waals surface area contributed by atoms with Crippen molar-refractivity contribution >= 4 is 27.3 Å². The van der Waals surface area contributed by atoms with Crippen molar-refractivity contribution in [2.75, 3.05) is 31.1 Å². The van der Waals surface area contributed by atoms with Gasteiger partial charge in [0.2, 0.25) is 6.79 Å². The average Bonchev–Trinajstić information content (AvgIpc) is 2.94. The summed E-state index contributed by atoms with van der Waals surface area (Å²) in [7, 11) is 4.07. The first kappa shape index (κ1) is 14.1. The second-order valence-corrected chi connectivity index (χ2v) is 5.96. The summed E-state index contributed by atoms with van der Waals surface area (Å²) >= 11 is 3.51. The van der Waals surface area contributed by atoms with E-state index < -0.39 is 0 Å². The molecule has 0 radical (unpaired) electrons. The molecule has 2 aromatic carbocycles. The third kappa shape index (κ3) is 3.08. The number of benzene rings is 2. The molecule has 1 heterocycles. The van der Waals surface area contributed by atoms with Crippen LogP contribution in [0.4, 0.5) is 11.4 Å². The number of anilines is 2. The topological polar surface area (TPSA) is 33.7 Å². The number of ether oxygens (including phenoxy) is 2. The number of rotatable bonds is 4. The number of halogens is 1. The molecule has 0 aliphatic carbocycles.